The third kappa shape index (κ3) is 3.71. The van der Waals surface area contributed by atoms with E-state index in [0.29, 0.717) is 5.69 Å². The van der Waals surface area contributed by atoms with Gasteiger partial charge in [0.05, 0.1) is 11.6 Å². The van der Waals surface area contributed by atoms with Crippen molar-refractivity contribution in [2.45, 2.75) is 36.0 Å². The topological polar surface area (TPSA) is 55.1 Å². The monoisotopic (exact) mass is 366 g/mol. The van der Waals surface area contributed by atoms with Crippen LogP contribution in [0, 0.1) is 5.92 Å². The highest BCUT2D eigenvalue weighted by Crippen LogP contribution is 2.46. The fourth-order valence-corrected chi connectivity index (χ4v) is 3.90. The van der Waals surface area contributed by atoms with Gasteiger partial charge in [-0.2, -0.15) is 5.10 Å². The molecule has 0 bridgehead atoms. The minimum absolute atomic E-state index is 0.122. The van der Waals surface area contributed by atoms with E-state index in [4.69, 9.17) is 0 Å². The van der Waals surface area contributed by atoms with Crippen LogP contribution in [0.5, 0.6) is 0 Å². The number of hydrogen-bond donors (Lipinski definition) is 1. The summed E-state index contributed by atoms with van der Waals surface area (Å²) >= 11 is 1.63. The summed E-state index contributed by atoms with van der Waals surface area (Å²) in [6.07, 6.45) is 3.01. The summed E-state index contributed by atoms with van der Waals surface area (Å²) in [5.41, 5.74) is 2.33. The van der Waals surface area contributed by atoms with Gasteiger partial charge in [-0.1, -0.05) is 12.1 Å². The number of alkyl halides is 2. The zero-order valence-electron chi connectivity index (χ0n) is 14.1. The van der Waals surface area contributed by atoms with Gasteiger partial charge >= 0.3 is 5.97 Å². The maximum absolute atomic E-state index is 13.7. The van der Waals surface area contributed by atoms with E-state index in [1.54, 1.807) is 23.5 Å². The van der Waals surface area contributed by atoms with Crippen molar-refractivity contribution >= 4 is 17.7 Å². The summed E-state index contributed by atoms with van der Waals surface area (Å²) in [5, 5.41) is 13.9. The third-order valence-corrected chi connectivity index (χ3v) is 5.50. The van der Waals surface area contributed by atoms with Crippen LogP contribution in [0.2, 0.25) is 0 Å². The molecular formula is C18H20F2N2O2S. The van der Waals surface area contributed by atoms with Crippen LogP contribution in [0.15, 0.2) is 35.4 Å². The van der Waals surface area contributed by atoms with Crippen LogP contribution in [0.3, 0.4) is 0 Å². The number of carboxylic acids is 1. The van der Waals surface area contributed by atoms with Gasteiger partial charge in [0.15, 0.2) is 0 Å². The first kappa shape index (κ1) is 17.9. The first-order valence-electron chi connectivity index (χ1n) is 8.09. The number of carboxylic acid groups (broad SMARTS) is 1. The van der Waals surface area contributed by atoms with Gasteiger partial charge in [-0.3, -0.25) is 9.48 Å². The van der Waals surface area contributed by atoms with Gasteiger partial charge < -0.3 is 5.11 Å². The van der Waals surface area contributed by atoms with Gasteiger partial charge in [-0.05, 0) is 30.4 Å². The van der Waals surface area contributed by atoms with Crippen molar-refractivity contribution in [1.82, 2.24) is 9.78 Å². The molecule has 1 N–H and O–H groups in total. The molecule has 1 heterocycles. The molecular weight excluding hydrogens is 346 g/mol. The number of aromatic nitrogens is 2. The Morgan fingerprint density at radius 3 is 2.64 bits per heavy atom. The van der Waals surface area contributed by atoms with E-state index in [-0.39, 0.29) is 12.8 Å². The molecule has 1 saturated carbocycles. The molecule has 1 aliphatic rings. The maximum atomic E-state index is 13.7. The van der Waals surface area contributed by atoms with Gasteiger partial charge in [-0.25, -0.2) is 8.78 Å². The second-order valence-electron chi connectivity index (χ2n) is 6.48. The van der Waals surface area contributed by atoms with Crippen molar-refractivity contribution in [3.63, 3.8) is 0 Å². The predicted octanol–water partition coefficient (Wildman–Crippen LogP) is 4.41. The summed E-state index contributed by atoms with van der Waals surface area (Å²) in [7, 11) is 1.76. The lowest BCUT2D eigenvalue weighted by molar-refractivity contribution is -0.150. The molecule has 1 aromatic heterocycles. The Hall–Kier alpha value is -1.89. The number of rotatable bonds is 4. The molecule has 25 heavy (non-hydrogen) atoms. The number of aryl methyl sites for hydroxylation is 1. The SMILES string of the molecule is CSc1ccc(-c2cn(C)nc2C2CCC(F)(F)CC2C(=O)O)cc1. The Morgan fingerprint density at radius 1 is 1.36 bits per heavy atom. The Bertz CT molecular complexity index is 774. The quantitative estimate of drug-likeness (QED) is 0.814. The van der Waals surface area contributed by atoms with Gasteiger partial charge in [-0.15, -0.1) is 11.8 Å². The largest absolute Gasteiger partial charge is 0.481 e. The fraction of sp³-hybridized carbons (Fsp3) is 0.444. The molecule has 1 fully saturated rings. The molecule has 2 unspecified atom stereocenters. The summed E-state index contributed by atoms with van der Waals surface area (Å²) < 4.78 is 29.1. The molecule has 0 saturated heterocycles. The van der Waals surface area contributed by atoms with E-state index in [1.807, 2.05) is 36.7 Å². The molecule has 2 aromatic rings. The molecule has 3 rings (SSSR count). The first-order chi connectivity index (χ1) is 11.8. The molecule has 0 aliphatic heterocycles. The minimum atomic E-state index is -2.92. The highest BCUT2D eigenvalue weighted by Gasteiger charge is 2.46. The highest BCUT2D eigenvalue weighted by atomic mass is 32.2. The fourth-order valence-electron chi connectivity index (χ4n) is 3.49. The second kappa shape index (κ2) is 6.78. The summed E-state index contributed by atoms with van der Waals surface area (Å²) in [4.78, 5) is 12.7. The lowest BCUT2D eigenvalue weighted by Crippen LogP contribution is -2.36. The predicted molar refractivity (Wildman–Crippen MR) is 93.1 cm³/mol. The Balaban J connectivity index is 2.00. The van der Waals surface area contributed by atoms with Crippen molar-refractivity contribution in [2.75, 3.05) is 6.26 Å². The molecule has 2 atom stereocenters. The van der Waals surface area contributed by atoms with Crippen LogP contribution in [0.25, 0.3) is 11.1 Å². The third-order valence-electron chi connectivity index (χ3n) is 4.75. The highest BCUT2D eigenvalue weighted by molar-refractivity contribution is 7.98. The molecule has 1 aliphatic carbocycles. The summed E-state index contributed by atoms with van der Waals surface area (Å²) in [6.45, 7) is 0. The lowest BCUT2D eigenvalue weighted by Gasteiger charge is -2.33. The number of halogens is 2. The van der Waals surface area contributed by atoms with Crippen LogP contribution in [-0.2, 0) is 11.8 Å². The van der Waals surface area contributed by atoms with Crippen LogP contribution in [0.4, 0.5) is 8.78 Å². The molecule has 7 heteroatoms. The number of nitrogens with zero attached hydrogens (tertiary/aromatic N) is 2. The van der Waals surface area contributed by atoms with Crippen LogP contribution in [0.1, 0.15) is 30.9 Å². The van der Waals surface area contributed by atoms with Crippen LogP contribution >= 0.6 is 11.8 Å². The number of aliphatic carboxylic acids is 1. The summed E-state index contributed by atoms with van der Waals surface area (Å²) in [6, 6.07) is 7.89. The lowest BCUT2D eigenvalue weighted by atomic mass is 9.74. The standard InChI is InChI=1S/C18H20F2N2O2S/c1-22-10-15(11-3-5-12(25-2)6-4-11)16(21-22)13-7-8-18(19,20)9-14(13)17(23)24/h3-6,10,13-14H,7-9H2,1-2H3,(H,23,24). The average Bonchev–Trinajstić information content (AvgIpc) is 2.95. The van der Waals surface area contributed by atoms with E-state index < -0.39 is 30.1 Å². The van der Waals surface area contributed by atoms with E-state index in [0.717, 1.165) is 16.0 Å². The van der Waals surface area contributed by atoms with E-state index in [2.05, 4.69) is 5.10 Å². The Labute approximate surface area is 149 Å². The van der Waals surface area contributed by atoms with Crippen LogP contribution in [-0.4, -0.2) is 33.0 Å². The Kier molecular flexibility index (Phi) is 4.86. The van der Waals surface area contributed by atoms with Crippen molar-refractivity contribution in [2.24, 2.45) is 13.0 Å². The molecule has 0 spiro atoms. The molecule has 0 radical (unpaired) electrons. The van der Waals surface area contributed by atoms with E-state index in [1.165, 1.54) is 0 Å². The molecule has 134 valence electrons. The van der Waals surface area contributed by atoms with Crippen LogP contribution < -0.4 is 0 Å². The van der Waals surface area contributed by atoms with Gasteiger partial charge in [0.25, 0.3) is 0 Å². The number of carbonyl (C=O) groups is 1. The molecule has 1 aromatic carbocycles. The Morgan fingerprint density at radius 2 is 2.04 bits per heavy atom. The second-order valence-corrected chi connectivity index (χ2v) is 7.36. The smallest absolute Gasteiger partial charge is 0.307 e. The zero-order chi connectivity index (χ0) is 18.2. The zero-order valence-corrected chi connectivity index (χ0v) is 14.9. The summed E-state index contributed by atoms with van der Waals surface area (Å²) in [5.74, 6) is -5.73. The van der Waals surface area contributed by atoms with Gasteiger partial charge in [0, 0.05) is 42.5 Å². The number of benzene rings is 1. The van der Waals surface area contributed by atoms with E-state index >= 15 is 0 Å². The van der Waals surface area contributed by atoms with Gasteiger partial charge in [0.2, 0.25) is 5.92 Å². The maximum Gasteiger partial charge on any atom is 0.307 e. The number of thioether (sulfide) groups is 1. The number of hydrogen-bond acceptors (Lipinski definition) is 3. The van der Waals surface area contributed by atoms with Crippen molar-refractivity contribution in [1.29, 1.82) is 0 Å². The van der Waals surface area contributed by atoms with Crippen molar-refractivity contribution < 1.29 is 18.7 Å². The normalized spacial score (nSPS) is 22.7. The molecule has 0 amide bonds. The van der Waals surface area contributed by atoms with Gasteiger partial charge in [0.1, 0.15) is 0 Å². The first-order valence-corrected chi connectivity index (χ1v) is 9.32. The van der Waals surface area contributed by atoms with E-state index in [9.17, 15) is 18.7 Å². The van der Waals surface area contributed by atoms with Crippen molar-refractivity contribution in [3.8, 4) is 11.1 Å². The van der Waals surface area contributed by atoms with Crippen molar-refractivity contribution in [3.05, 3.63) is 36.2 Å². The average molecular weight is 366 g/mol. The minimum Gasteiger partial charge on any atom is -0.481 e. The molecule has 4 nitrogen and oxygen atoms in total.